The number of aromatic nitrogens is 2. The fourth-order valence-corrected chi connectivity index (χ4v) is 2.37. The van der Waals surface area contributed by atoms with Crippen molar-refractivity contribution in [3.05, 3.63) is 18.0 Å². The topological polar surface area (TPSA) is 75.4 Å². The summed E-state index contributed by atoms with van der Waals surface area (Å²) in [6.07, 6.45) is 5.64. The molecule has 0 bridgehead atoms. The minimum Gasteiger partial charge on any atom is -0.481 e. The monoisotopic (exact) mass is 265 g/mol. The maximum Gasteiger partial charge on any atom is 0.308 e. The van der Waals surface area contributed by atoms with Crippen molar-refractivity contribution in [3.63, 3.8) is 0 Å². The second-order valence-electron chi connectivity index (χ2n) is 4.92. The molecule has 0 radical (unpaired) electrons. The molecule has 1 saturated heterocycles. The van der Waals surface area contributed by atoms with Crippen LogP contribution in [0, 0.1) is 5.92 Å². The largest absolute Gasteiger partial charge is 0.481 e. The first kappa shape index (κ1) is 13.6. The van der Waals surface area contributed by atoms with Crippen LogP contribution in [-0.4, -0.2) is 44.8 Å². The number of carbonyl (C=O) groups is 2. The zero-order chi connectivity index (χ0) is 13.8. The second kappa shape index (κ2) is 5.86. The number of carbonyl (C=O) groups excluding carboxylic acids is 1. The highest BCUT2D eigenvalue weighted by molar-refractivity contribution is 5.94. The number of piperidine rings is 1. The van der Waals surface area contributed by atoms with E-state index in [4.69, 9.17) is 5.11 Å². The first-order chi connectivity index (χ1) is 9.11. The predicted molar refractivity (Wildman–Crippen MR) is 68.8 cm³/mol. The summed E-state index contributed by atoms with van der Waals surface area (Å²) in [7, 11) is 0. The third-order valence-corrected chi connectivity index (χ3v) is 3.39. The predicted octanol–water partition coefficient (Wildman–Crippen LogP) is 1.23. The van der Waals surface area contributed by atoms with E-state index in [0.717, 1.165) is 19.4 Å². The number of likely N-dealkylation sites (tertiary alicyclic amines) is 1. The van der Waals surface area contributed by atoms with E-state index in [1.165, 1.54) is 0 Å². The highest BCUT2D eigenvalue weighted by Crippen LogP contribution is 2.18. The third-order valence-electron chi connectivity index (χ3n) is 3.39. The fraction of sp³-hybridized carbons (Fsp3) is 0.615. The Morgan fingerprint density at radius 1 is 1.53 bits per heavy atom. The van der Waals surface area contributed by atoms with Crippen LogP contribution in [0.2, 0.25) is 0 Å². The lowest BCUT2D eigenvalue weighted by atomic mass is 9.98. The molecule has 1 N–H and O–H groups in total. The van der Waals surface area contributed by atoms with Crippen molar-refractivity contribution in [3.8, 4) is 0 Å². The molecule has 1 fully saturated rings. The molecule has 104 valence electrons. The first-order valence-corrected chi connectivity index (χ1v) is 6.66. The Bertz CT molecular complexity index is 469. The molecular weight excluding hydrogens is 246 g/mol. The lowest BCUT2D eigenvalue weighted by Crippen LogP contribution is -2.42. The summed E-state index contributed by atoms with van der Waals surface area (Å²) in [5.74, 6) is -1.38. The lowest BCUT2D eigenvalue weighted by molar-refractivity contribution is -0.143. The van der Waals surface area contributed by atoms with Gasteiger partial charge in [-0.3, -0.25) is 14.3 Å². The van der Waals surface area contributed by atoms with E-state index in [1.54, 1.807) is 22.0 Å². The number of carboxylic acids is 1. The van der Waals surface area contributed by atoms with Crippen molar-refractivity contribution < 1.29 is 14.7 Å². The number of carboxylic acid groups (broad SMARTS) is 1. The van der Waals surface area contributed by atoms with Gasteiger partial charge < -0.3 is 10.0 Å². The van der Waals surface area contributed by atoms with Crippen LogP contribution in [-0.2, 0) is 11.3 Å². The van der Waals surface area contributed by atoms with Crippen LogP contribution in [0.3, 0.4) is 0 Å². The smallest absolute Gasteiger partial charge is 0.308 e. The summed E-state index contributed by atoms with van der Waals surface area (Å²) in [5.41, 5.74) is 0.541. The van der Waals surface area contributed by atoms with Gasteiger partial charge in [-0.05, 0) is 19.3 Å². The maximum atomic E-state index is 12.3. The van der Waals surface area contributed by atoms with Crippen LogP contribution in [0.5, 0.6) is 0 Å². The maximum absolute atomic E-state index is 12.3. The van der Waals surface area contributed by atoms with Crippen molar-refractivity contribution in [2.24, 2.45) is 5.92 Å². The van der Waals surface area contributed by atoms with Gasteiger partial charge >= 0.3 is 5.97 Å². The molecule has 1 aromatic heterocycles. The standard InChI is InChI=1S/C13H19N3O3/c1-2-5-16-9-11(7-14-16)12(17)15-6-3-4-10(8-15)13(18)19/h7,9-10H,2-6,8H2,1H3,(H,18,19). The summed E-state index contributed by atoms with van der Waals surface area (Å²) in [6, 6.07) is 0. The van der Waals surface area contributed by atoms with Gasteiger partial charge in [-0.1, -0.05) is 6.92 Å². The van der Waals surface area contributed by atoms with Crippen LogP contribution in [0.1, 0.15) is 36.5 Å². The van der Waals surface area contributed by atoms with Crippen molar-refractivity contribution in [1.82, 2.24) is 14.7 Å². The van der Waals surface area contributed by atoms with Crippen LogP contribution in [0.4, 0.5) is 0 Å². The summed E-state index contributed by atoms with van der Waals surface area (Å²) < 4.78 is 1.74. The molecule has 1 unspecified atom stereocenters. The highest BCUT2D eigenvalue weighted by atomic mass is 16.4. The van der Waals surface area contributed by atoms with E-state index in [2.05, 4.69) is 5.10 Å². The van der Waals surface area contributed by atoms with Gasteiger partial charge in [-0.25, -0.2) is 0 Å². The normalized spacial score (nSPS) is 19.4. The fourth-order valence-electron chi connectivity index (χ4n) is 2.37. The minimum atomic E-state index is -0.820. The number of rotatable bonds is 4. The quantitative estimate of drug-likeness (QED) is 0.888. The average Bonchev–Trinajstić information content (AvgIpc) is 2.87. The van der Waals surface area contributed by atoms with E-state index in [-0.39, 0.29) is 5.91 Å². The molecule has 6 heteroatoms. The van der Waals surface area contributed by atoms with Gasteiger partial charge in [0.2, 0.25) is 0 Å². The Hall–Kier alpha value is -1.85. The Kier molecular flexibility index (Phi) is 4.19. The number of hydrogen-bond donors (Lipinski definition) is 1. The molecule has 1 aliphatic heterocycles. The molecule has 1 atom stereocenters. The molecule has 0 spiro atoms. The van der Waals surface area contributed by atoms with E-state index in [0.29, 0.717) is 25.1 Å². The summed E-state index contributed by atoms with van der Waals surface area (Å²) in [4.78, 5) is 24.9. The SMILES string of the molecule is CCCn1cc(C(=O)N2CCCC(C(=O)O)C2)cn1. The Balaban J connectivity index is 2.03. The molecular formula is C13H19N3O3. The number of aliphatic carboxylic acids is 1. The van der Waals surface area contributed by atoms with Crippen molar-refractivity contribution >= 4 is 11.9 Å². The highest BCUT2D eigenvalue weighted by Gasteiger charge is 2.29. The second-order valence-corrected chi connectivity index (χ2v) is 4.92. The Morgan fingerprint density at radius 3 is 3.00 bits per heavy atom. The minimum absolute atomic E-state index is 0.117. The molecule has 1 amide bonds. The zero-order valence-corrected chi connectivity index (χ0v) is 11.1. The van der Waals surface area contributed by atoms with Crippen LogP contribution >= 0.6 is 0 Å². The summed E-state index contributed by atoms with van der Waals surface area (Å²) in [6.45, 7) is 3.75. The van der Waals surface area contributed by atoms with Gasteiger partial charge in [-0.2, -0.15) is 5.10 Å². The van der Waals surface area contributed by atoms with Crippen molar-refractivity contribution in [1.29, 1.82) is 0 Å². The Morgan fingerprint density at radius 2 is 2.32 bits per heavy atom. The van der Waals surface area contributed by atoms with Gasteiger partial charge in [-0.15, -0.1) is 0 Å². The molecule has 2 heterocycles. The van der Waals surface area contributed by atoms with E-state index in [1.807, 2.05) is 6.92 Å². The summed E-state index contributed by atoms with van der Waals surface area (Å²) in [5, 5.41) is 13.2. The molecule has 0 aliphatic carbocycles. The van der Waals surface area contributed by atoms with Gasteiger partial charge in [0.05, 0.1) is 17.7 Å². The van der Waals surface area contributed by atoms with Crippen molar-refractivity contribution in [2.75, 3.05) is 13.1 Å². The van der Waals surface area contributed by atoms with Gasteiger partial charge in [0.15, 0.2) is 0 Å². The number of hydrogen-bond acceptors (Lipinski definition) is 3. The lowest BCUT2D eigenvalue weighted by Gasteiger charge is -2.30. The molecule has 1 aliphatic rings. The van der Waals surface area contributed by atoms with E-state index in [9.17, 15) is 9.59 Å². The van der Waals surface area contributed by atoms with Crippen molar-refractivity contribution in [2.45, 2.75) is 32.7 Å². The molecule has 0 saturated carbocycles. The number of nitrogens with zero attached hydrogens (tertiary/aromatic N) is 3. The molecule has 0 aromatic carbocycles. The van der Waals surface area contributed by atoms with Crippen LogP contribution < -0.4 is 0 Å². The third kappa shape index (κ3) is 3.13. The van der Waals surface area contributed by atoms with E-state index < -0.39 is 11.9 Å². The number of aryl methyl sites for hydroxylation is 1. The van der Waals surface area contributed by atoms with Gasteiger partial charge in [0.25, 0.3) is 5.91 Å². The first-order valence-electron chi connectivity index (χ1n) is 6.66. The zero-order valence-electron chi connectivity index (χ0n) is 11.1. The van der Waals surface area contributed by atoms with Gasteiger partial charge in [0.1, 0.15) is 0 Å². The molecule has 6 nitrogen and oxygen atoms in total. The van der Waals surface area contributed by atoms with E-state index >= 15 is 0 Å². The van der Waals surface area contributed by atoms with Gasteiger partial charge in [0, 0.05) is 25.8 Å². The molecule has 2 rings (SSSR count). The summed E-state index contributed by atoms with van der Waals surface area (Å²) >= 11 is 0. The Labute approximate surface area is 112 Å². The molecule has 19 heavy (non-hydrogen) atoms. The average molecular weight is 265 g/mol. The van der Waals surface area contributed by atoms with Crippen LogP contribution in [0.25, 0.3) is 0 Å². The number of amides is 1. The molecule has 1 aromatic rings. The van der Waals surface area contributed by atoms with Crippen LogP contribution in [0.15, 0.2) is 12.4 Å².